The molecule has 3 aromatic rings. The van der Waals surface area contributed by atoms with E-state index in [-0.39, 0.29) is 5.82 Å². The SMILES string of the molecule is Fc1cccc(OCc2csc3cc(Cl)ccc23)c1. The van der Waals surface area contributed by atoms with Crippen LogP contribution in [0, 0.1) is 5.82 Å². The van der Waals surface area contributed by atoms with E-state index in [0.717, 1.165) is 20.7 Å². The van der Waals surface area contributed by atoms with Crippen molar-refractivity contribution >= 4 is 33.0 Å². The number of rotatable bonds is 3. The molecule has 0 aliphatic carbocycles. The number of thiophene rings is 1. The van der Waals surface area contributed by atoms with Crippen molar-refractivity contribution in [2.24, 2.45) is 0 Å². The molecule has 3 rings (SSSR count). The van der Waals surface area contributed by atoms with Gasteiger partial charge in [0.05, 0.1) is 0 Å². The fourth-order valence-corrected chi connectivity index (χ4v) is 3.11. The summed E-state index contributed by atoms with van der Waals surface area (Å²) in [6, 6.07) is 11.9. The first kappa shape index (κ1) is 12.5. The molecule has 1 aromatic heterocycles. The van der Waals surface area contributed by atoms with Crippen LogP contribution in [0.15, 0.2) is 47.8 Å². The second kappa shape index (κ2) is 5.19. The van der Waals surface area contributed by atoms with E-state index in [0.29, 0.717) is 12.4 Å². The van der Waals surface area contributed by atoms with Crippen molar-refractivity contribution in [3.63, 3.8) is 0 Å². The van der Waals surface area contributed by atoms with Gasteiger partial charge in [-0.05, 0) is 35.0 Å². The van der Waals surface area contributed by atoms with Gasteiger partial charge in [-0.3, -0.25) is 0 Å². The second-order valence-electron chi connectivity index (χ2n) is 4.15. The van der Waals surface area contributed by atoms with Crippen LogP contribution in [0.25, 0.3) is 10.1 Å². The van der Waals surface area contributed by atoms with E-state index in [2.05, 4.69) is 0 Å². The lowest BCUT2D eigenvalue weighted by atomic mass is 10.2. The van der Waals surface area contributed by atoms with E-state index in [1.807, 2.05) is 23.6 Å². The summed E-state index contributed by atoms with van der Waals surface area (Å²) in [5, 5.41) is 3.90. The summed E-state index contributed by atoms with van der Waals surface area (Å²) >= 11 is 7.58. The van der Waals surface area contributed by atoms with E-state index >= 15 is 0 Å². The number of fused-ring (bicyclic) bond motifs is 1. The van der Waals surface area contributed by atoms with Crippen molar-refractivity contribution in [1.82, 2.24) is 0 Å². The van der Waals surface area contributed by atoms with Gasteiger partial charge < -0.3 is 4.74 Å². The predicted molar refractivity (Wildman–Crippen MR) is 77.6 cm³/mol. The van der Waals surface area contributed by atoms with Crippen molar-refractivity contribution in [2.45, 2.75) is 6.61 Å². The maximum Gasteiger partial charge on any atom is 0.126 e. The number of halogens is 2. The third-order valence-corrected chi connectivity index (χ3v) is 4.04. The molecule has 0 saturated carbocycles. The van der Waals surface area contributed by atoms with Gasteiger partial charge in [0.25, 0.3) is 0 Å². The Bertz CT molecular complexity index is 723. The lowest BCUT2D eigenvalue weighted by molar-refractivity contribution is 0.306. The van der Waals surface area contributed by atoms with E-state index < -0.39 is 0 Å². The van der Waals surface area contributed by atoms with Crippen LogP contribution in [0.5, 0.6) is 5.75 Å². The first-order valence-electron chi connectivity index (χ1n) is 5.76. The maximum absolute atomic E-state index is 13.0. The molecule has 0 N–H and O–H groups in total. The summed E-state index contributed by atoms with van der Waals surface area (Å²) in [7, 11) is 0. The van der Waals surface area contributed by atoms with Crippen molar-refractivity contribution in [1.29, 1.82) is 0 Å². The molecule has 1 nitrogen and oxygen atoms in total. The molecule has 0 bridgehead atoms. The van der Waals surface area contributed by atoms with Gasteiger partial charge in [-0.15, -0.1) is 11.3 Å². The van der Waals surface area contributed by atoms with Gasteiger partial charge in [-0.1, -0.05) is 23.7 Å². The lowest BCUT2D eigenvalue weighted by Gasteiger charge is -2.05. The first-order chi connectivity index (χ1) is 9.22. The molecule has 0 atom stereocenters. The van der Waals surface area contributed by atoms with Gasteiger partial charge in [-0.2, -0.15) is 0 Å². The lowest BCUT2D eigenvalue weighted by Crippen LogP contribution is -1.94. The Hall–Kier alpha value is -1.58. The topological polar surface area (TPSA) is 9.23 Å². The van der Waals surface area contributed by atoms with Gasteiger partial charge >= 0.3 is 0 Å². The Kier molecular flexibility index (Phi) is 3.40. The third kappa shape index (κ3) is 2.72. The molecule has 0 aliphatic heterocycles. The van der Waals surface area contributed by atoms with Crippen molar-refractivity contribution in [2.75, 3.05) is 0 Å². The van der Waals surface area contributed by atoms with Crippen molar-refractivity contribution in [3.8, 4) is 5.75 Å². The quantitative estimate of drug-likeness (QED) is 0.639. The molecule has 4 heteroatoms. The largest absolute Gasteiger partial charge is 0.489 e. The summed E-state index contributed by atoms with van der Waals surface area (Å²) < 4.78 is 19.8. The fourth-order valence-electron chi connectivity index (χ4n) is 1.89. The van der Waals surface area contributed by atoms with Crippen LogP contribution in [0.1, 0.15) is 5.56 Å². The summed E-state index contributed by atoms with van der Waals surface area (Å²) in [6.45, 7) is 0.422. The Balaban J connectivity index is 1.82. The zero-order valence-corrected chi connectivity index (χ0v) is 11.5. The molecular formula is C15H10ClFOS. The number of hydrogen-bond donors (Lipinski definition) is 0. The Labute approximate surface area is 119 Å². The predicted octanol–water partition coefficient (Wildman–Crippen LogP) is 5.27. The molecule has 1 heterocycles. The summed E-state index contributed by atoms with van der Waals surface area (Å²) in [5.41, 5.74) is 1.08. The van der Waals surface area contributed by atoms with Crippen LogP contribution < -0.4 is 4.74 Å². The molecule has 0 fully saturated rings. The van der Waals surface area contributed by atoms with E-state index in [1.165, 1.54) is 12.1 Å². The van der Waals surface area contributed by atoms with Crippen LogP contribution >= 0.6 is 22.9 Å². The van der Waals surface area contributed by atoms with Gasteiger partial charge in [0, 0.05) is 21.4 Å². The number of ether oxygens (including phenoxy) is 1. The van der Waals surface area contributed by atoms with Crippen LogP contribution in [0.4, 0.5) is 4.39 Å². The molecule has 0 unspecified atom stereocenters. The van der Waals surface area contributed by atoms with E-state index in [1.54, 1.807) is 23.5 Å². The average molecular weight is 293 g/mol. The average Bonchev–Trinajstić information content (AvgIpc) is 2.78. The van der Waals surface area contributed by atoms with Gasteiger partial charge in [-0.25, -0.2) is 4.39 Å². The smallest absolute Gasteiger partial charge is 0.126 e. The molecule has 0 spiro atoms. The summed E-state index contributed by atoms with van der Waals surface area (Å²) in [6.07, 6.45) is 0. The third-order valence-electron chi connectivity index (χ3n) is 2.81. The van der Waals surface area contributed by atoms with Crippen molar-refractivity contribution in [3.05, 3.63) is 64.2 Å². The number of hydrogen-bond acceptors (Lipinski definition) is 2. The summed E-state index contributed by atoms with van der Waals surface area (Å²) in [5.74, 6) is 0.243. The molecule has 19 heavy (non-hydrogen) atoms. The zero-order valence-electron chi connectivity index (χ0n) is 9.90. The Morgan fingerprint density at radius 1 is 1.16 bits per heavy atom. The van der Waals surface area contributed by atoms with E-state index in [9.17, 15) is 4.39 Å². The van der Waals surface area contributed by atoms with E-state index in [4.69, 9.17) is 16.3 Å². The first-order valence-corrected chi connectivity index (χ1v) is 7.02. The van der Waals surface area contributed by atoms with Gasteiger partial charge in [0.2, 0.25) is 0 Å². The molecule has 0 radical (unpaired) electrons. The van der Waals surface area contributed by atoms with Crippen LogP contribution in [-0.4, -0.2) is 0 Å². The van der Waals surface area contributed by atoms with Crippen LogP contribution in [0.2, 0.25) is 5.02 Å². The highest BCUT2D eigenvalue weighted by molar-refractivity contribution is 7.17. The molecule has 96 valence electrons. The normalized spacial score (nSPS) is 10.8. The molecular weight excluding hydrogens is 283 g/mol. The van der Waals surface area contributed by atoms with Crippen LogP contribution in [0.3, 0.4) is 0 Å². The minimum atomic E-state index is -0.292. The highest BCUT2D eigenvalue weighted by Crippen LogP contribution is 2.29. The monoisotopic (exact) mass is 292 g/mol. The molecule has 2 aromatic carbocycles. The molecule has 0 amide bonds. The van der Waals surface area contributed by atoms with Crippen molar-refractivity contribution < 1.29 is 9.13 Å². The fraction of sp³-hybridized carbons (Fsp3) is 0.0667. The highest BCUT2D eigenvalue weighted by Gasteiger charge is 2.05. The highest BCUT2D eigenvalue weighted by atomic mass is 35.5. The number of benzene rings is 2. The summed E-state index contributed by atoms with van der Waals surface area (Å²) in [4.78, 5) is 0. The zero-order chi connectivity index (χ0) is 13.2. The Morgan fingerprint density at radius 3 is 2.89 bits per heavy atom. The molecule has 0 saturated heterocycles. The standard InChI is InChI=1S/C15H10ClFOS/c16-11-4-5-14-10(9-19-15(14)6-11)8-18-13-3-1-2-12(17)7-13/h1-7,9H,8H2. The molecule has 0 aliphatic rings. The minimum Gasteiger partial charge on any atom is -0.489 e. The van der Waals surface area contributed by atoms with Crippen LogP contribution in [-0.2, 0) is 6.61 Å². The van der Waals surface area contributed by atoms with Gasteiger partial charge in [0.1, 0.15) is 18.2 Å². The second-order valence-corrected chi connectivity index (χ2v) is 5.50. The maximum atomic E-state index is 13.0. The Morgan fingerprint density at radius 2 is 2.05 bits per heavy atom. The van der Waals surface area contributed by atoms with Gasteiger partial charge in [0.15, 0.2) is 0 Å². The minimum absolute atomic E-state index is 0.292.